The van der Waals surface area contributed by atoms with Gasteiger partial charge in [-0.3, -0.25) is 5.32 Å². The van der Waals surface area contributed by atoms with Crippen molar-refractivity contribution in [3.05, 3.63) is 36.4 Å². The van der Waals surface area contributed by atoms with E-state index in [1.807, 2.05) is 13.0 Å². The van der Waals surface area contributed by atoms with Crippen LogP contribution in [0.25, 0.3) is 5.65 Å². The van der Waals surface area contributed by atoms with Crippen LogP contribution in [0.15, 0.2) is 36.4 Å². The molecule has 3 heterocycles. The summed E-state index contributed by atoms with van der Waals surface area (Å²) >= 11 is 0. The number of urea groups is 1. The van der Waals surface area contributed by atoms with E-state index >= 15 is 0 Å². The second-order valence-corrected chi connectivity index (χ2v) is 5.45. The van der Waals surface area contributed by atoms with Crippen LogP contribution >= 0.6 is 0 Å². The van der Waals surface area contributed by atoms with Gasteiger partial charge in [0.2, 0.25) is 11.8 Å². The van der Waals surface area contributed by atoms with Gasteiger partial charge in [-0.1, -0.05) is 6.07 Å². The summed E-state index contributed by atoms with van der Waals surface area (Å²) in [4.78, 5) is 12.3. The van der Waals surface area contributed by atoms with Gasteiger partial charge in [0.05, 0.1) is 6.61 Å². The SMILES string of the molecule is CCOc1cccc2nnc(NC(=O)Nc3ccc4c(c3)OCCO4)n12. The molecule has 134 valence electrons. The average Bonchev–Trinajstić information content (AvgIpc) is 3.06. The molecule has 1 aliphatic heterocycles. The van der Waals surface area contributed by atoms with Gasteiger partial charge >= 0.3 is 6.03 Å². The lowest BCUT2D eigenvalue weighted by Gasteiger charge is -2.19. The van der Waals surface area contributed by atoms with Crippen molar-refractivity contribution in [1.82, 2.24) is 14.6 Å². The van der Waals surface area contributed by atoms with Gasteiger partial charge in [0.15, 0.2) is 17.1 Å². The number of ether oxygens (including phenoxy) is 3. The molecular weight excluding hydrogens is 338 g/mol. The van der Waals surface area contributed by atoms with E-state index in [4.69, 9.17) is 14.2 Å². The van der Waals surface area contributed by atoms with E-state index in [1.54, 1.807) is 34.7 Å². The number of nitrogens with zero attached hydrogens (tertiary/aromatic N) is 3. The van der Waals surface area contributed by atoms with Gasteiger partial charge in [-0.2, -0.15) is 0 Å². The number of hydrogen-bond donors (Lipinski definition) is 2. The number of pyridine rings is 1. The Bertz CT molecular complexity index is 955. The summed E-state index contributed by atoms with van der Waals surface area (Å²) in [6.45, 7) is 3.36. The third-order valence-corrected chi connectivity index (χ3v) is 3.71. The molecule has 0 saturated heterocycles. The van der Waals surface area contributed by atoms with Gasteiger partial charge < -0.3 is 19.5 Å². The molecule has 3 aromatic rings. The van der Waals surface area contributed by atoms with Gasteiger partial charge in [-0.15, -0.1) is 10.2 Å². The van der Waals surface area contributed by atoms with E-state index in [0.717, 1.165) is 0 Å². The zero-order chi connectivity index (χ0) is 17.9. The Morgan fingerprint density at radius 2 is 2.00 bits per heavy atom. The van der Waals surface area contributed by atoms with E-state index in [0.29, 0.717) is 48.5 Å². The molecule has 0 spiro atoms. The minimum absolute atomic E-state index is 0.263. The second kappa shape index (κ2) is 6.79. The lowest BCUT2D eigenvalue weighted by molar-refractivity contribution is 0.171. The first-order chi connectivity index (χ1) is 12.7. The highest BCUT2D eigenvalue weighted by atomic mass is 16.6. The predicted molar refractivity (Wildman–Crippen MR) is 94.2 cm³/mol. The molecule has 2 N–H and O–H groups in total. The highest BCUT2D eigenvalue weighted by Gasteiger charge is 2.15. The average molecular weight is 355 g/mol. The topological polar surface area (TPSA) is 99.0 Å². The molecule has 0 saturated carbocycles. The largest absolute Gasteiger partial charge is 0.486 e. The van der Waals surface area contributed by atoms with E-state index < -0.39 is 6.03 Å². The zero-order valence-corrected chi connectivity index (χ0v) is 14.1. The number of fused-ring (bicyclic) bond motifs is 2. The van der Waals surface area contributed by atoms with E-state index in [1.165, 1.54) is 0 Å². The van der Waals surface area contributed by atoms with Crippen LogP contribution < -0.4 is 24.8 Å². The molecule has 0 unspecified atom stereocenters. The molecule has 0 radical (unpaired) electrons. The number of benzene rings is 1. The highest BCUT2D eigenvalue weighted by Crippen LogP contribution is 2.32. The summed E-state index contributed by atoms with van der Waals surface area (Å²) in [5.74, 6) is 2.07. The number of aromatic nitrogens is 3. The van der Waals surface area contributed by atoms with E-state index in [9.17, 15) is 4.79 Å². The lowest BCUT2D eigenvalue weighted by atomic mass is 10.2. The Morgan fingerprint density at radius 3 is 2.85 bits per heavy atom. The van der Waals surface area contributed by atoms with Crippen molar-refractivity contribution in [1.29, 1.82) is 0 Å². The summed E-state index contributed by atoms with van der Waals surface area (Å²) in [5, 5.41) is 13.5. The minimum Gasteiger partial charge on any atom is -0.486 e. The molecule has 2 aromatic heterocycles. The summed E-state index contributed by atoms with van der Waals surface area (Å²) in [5.41, 5.74) is 1.15. The summed E-state index contributed by atoms with van der Waals surface area (Å²) in [6, 6.07) is 10.1. The van der Waals surface area contributed by atoms with Gasteiger partial charge in [0.1, 0.15) is 13.2 Å². The molecule has 0 aliphatic carbocycles. The molecule has 0 fully saturated rings. The van der Waals surface area contributed by atoms with Gasteiger partial charge in [0, 0.05) is 11.8 Å². The normalized spacial score (nSPS) is 12.7. The maximum absolute atomic E-state index is 12.3. The Labute approximate surface area is 148 Å². The third-order valence-electron chi connectivity index (χ3n) is 3.71. The van der Waals surface area contributed by atoms with Crippen molar-refractivity contribution in [3.8, 4) is 17.4 Å². The monoisotopic (exact) mass is 355 g/mol. The first-order valence-electron chi connectivity index (χ1n) is 8.19. The third kappa shape index (κ3) is 3.06. The number of anilines is 2. The Morgan fingerprint density at radius 1 is 1.15 bits per heavy atom. The molecule has 0 bridgehead atoms. The number of carbonyl (C=O) groups is 1. The fourth-order valence-corrected chi connectivity index (χ4v) is 2.64. The molecule has 9 nitrogen and oxygen atoms in total. The molecule has 1 aromatic carbocycles. The first-order valence-corrected chi connectivity index (χ1v) is 8.19. The first kappa shape index (κ1) is 16.0. The van der Waals surface area contributed by atoms with Crippen LogP contribution in [-0.2, 0) is 0 Å². The standard InChI is InChI=1S/C17H17N5O4/c1-2-24-15-5-3-4-14-20-21-16(22(14)15)19-17(23)18-11-6-7-12-13(10-11)26-9-8-25-12/h3-7,10H,2,8-9H2,1H3,(H2,18,19,21,23). The van der Waals surface area contributed by atoms with Crippen LogP contribution in [-0.4, -0.2) is 40.4 Å². The number of amides is 2. The molecule has 4 rings (SSSR count). The summed E-state index contributed by atoms with van der Waals surface area (Å²) in [7, 11) is 0. The maximum atomic E-state index is 12.3. The molecule has 26 heavy (non-hydrogen) atoms. The Hall–Kier alpha value is -3.49. The minimum atomic E-state index is -0.456. The van der Waals surface area contributed by atoms with Crippen LogP contribution in [0, 0.1) is 0 Å². The summed E-state index contributed by atoms with van der Waals surface area (Å²) < 4.78 is 18.2. The smallest absolute Gasteiger partial charge is 0.326 e. The van der Waals surface area contributed by atoms with Crippen molar-refractivity contribution >= 4 is 23.3 Å². The molecule has 0 atom stereocenters. The van der Waals surface area contributed by atoms with Crippen LogP contribution in [0.3, 0.4) is 0 Å². The Kier molecular flexibility index (Phi) is 4.18. The van der Waals surface area contributed by atoms with Crippen LogP contribution in [0.5, 0.6) is 17.4 Å². The molecule has 9 heteroatoms. The van der Waals surface area contributed by atoms with Crippen LogP contribution in [0.1, 0.15) is 6.92 Å². The maximum Gasteiger partial charge on any atom is 0.326 e. The van der Waals surface area contributed by atoms with Gasteiger partial charge in [-0.25, -0.2) is 9.20 Å². The number of carbonyl (C=O) groups excluding carboxylic acids is 1. The van der Waals surface area contributed by atoms with Gasteiger partial charge in [-0.05, 0) is 31.2 Å². The quantitative estimate of drug-likeness (QED) is 0.746. The fraction of sp³-hybridized carbons (Fsp3) is 0.235. The molecule has 2 amide bonds. The van der Waals surface area contributed by atoms with Gasteiger partial charge in [0.25, 0.3) is 0 Å². The molecular formula is C17H17N5O4. The highest BCUT2D eigenvalue weighted by molar-refractivity contribution is 5.99. The summed E-state index contributed by atoms with van der Waals surface area (Å²) in [6.07, 6.45) is 0. The molecule has 1 aliphatic rings. The fourth-order valence-electron chi connectivity index (χ4n) is 2.64. The van der Waals surface area contributed by atoms with Crippen molar-refractivity contribution < 1.29 is 19.0 Å². The number of rotatable bonds is 4. The van der Waals surface area contributed by atoms with Crippen LogP contribution in [0.4, 0.5) is 16.4 Å². The van der Waals surface area contributed by atoms with E-state index in [-0.39, 0.29) is 5.95 Å². The van der Waals surface area contributed by atoms with Crippen molar-refractivity contribution in [2.24, 2.45) is 0 Å². The zero-order valence-electron chi connectivity index (χ0n) is 14.1. The van der Waals surface area contributed by atoms with Crippen molar-refractivity contribution in [3.63, 3.8) is 0 Å². The predicted octanol–water partition coefficient (Wildman–Crippen LogP) is 2.54. The second-order valence-electron chi connectivity index (χ2n) is 5.45. The van der Waals surface area contributed by atoms with E-state index in [2.05, 4.69) is 20.8 Å². The Balaban J connectivity index is 1.52. The van der Waals surface area contributed by atoms with Crippen molar-refractivity contribution in [2.45, 2.75) is 6.92 Å². The van der Waals surface area contributed by atoms with Crippen LogP contribution in [0.2, 0.25) is 0 Å². The lowest BCUT2D eigenvalue weighted by Crippen LogP contribution is -2.21. The van der Waals surface area contributed by atoms with Crippen molar-refractivity contribution in [2.75, 3.05) is 30.5 Å². The number of nitrogens with one attached hydrogen (secondary N) is 2. The number of hydrogen-bond acceptors (Lipinski definition) is 6.